The van der Waals surface area contributed by atoms with Crippen molar-refractivity contribution >= 4 is 9.84 Å². The molecule has 2 aliphatic rings. The second kappa shape index (κ2) is 5.05. The number of sulfone groups is 1. The predicted octanol–water partition coefficient (Wildman–Crippen LogP) is 1.73. The molecule has 1 aliphatic carbocycles. The molecule has 1 saturated heterocycles. The molecule has 2 rings (SSSR count). The molecule has 1 N–H and O–H groups in total. The maximum atomic E-state index is 11.3. The Bertz CT molecular complexity index is 304. The van der Waals surface area contributed by atoms with E-state index in [0.29, 0.717) is 23.6 Å². The van der Waals surface area contributed by atoms with Crippen LogP contribution in [0.25, 0.3) is 0 Å². The van der Waals surface area contributed by atoms with Crippen LogP contribution < -0.4 is 5.32 Å². The fraction of sp³-hybridized carbons (Fsp3) is 1.00. The summed E-state index contributed by atoms with van der Waals surface area (Å²) in [6.07, 6.45) is 6.81. The van der Waals surface area contributed by atoms with Crippen LogP contribution in [0.15, 0.2) is 0 Å². The number of nitrogens with one attached hydrogen (secondary N) is 1. The Balaban J connectivity index is 1.75. The second-order valence-electron chi connectivity index (χ2n) is 5.55. The molecule has 0 atom stereocenters. The monoisotopic (exact) mass is 245 g/mol. The van der Waals surface area contributed by atoms with Gasteiger partial charge in [-0.2, -0.15) is 0 Å². The van der Waals surface area contributed by atoms with Gasteiger partial charge in [-0.25, -0.2) is 8.42 Å². The van der Waals surface area contributed by atoms with Gasteiger partial charge >= 0.3 is 0 Å². The first-order valence-corrected chi connectivity index (χ1v) is 8.34. The molecule has 0 spiro atoms. The van der Waals surface area contributed by atoms with Gasteiger partial charge in [-0.05, 0) is 44.4 Å². The van der Waals surface area contributed by atoms with Gasteiger partial charge in [0.1, 0.15) is 9.84 Å². The summed E-state index contributed by atoms with van der Waals surface area (Å²) in [5.74, 6) is 1.64. The molecule has 3 nitrogen and oxygen atoms in total. The van der Waals surface area contributed by atoms with Gasteiger partial charge in [-0.1, -0.05) is 6.92 Å². The third-order valence-corrected chi connectivity index (χ3v) is 5.76. The van der Waals surface area contributed by atoms with E-state index in [2.05, 4.69) is 12.2 Å². The molecular formula is C12H23NO2S. The summed E-state index contributed by atoms with van der Waals surface area (Å²) in [7, 11) is -2.71. The average Bonchev–Trinajstić information content (AvgIpc) is 2.24. The highest BCUT2D eigenvalue weighted by atomic mass is 32.2. The van der Waals surface area contributed by atoms with Gasteiger partial charge in [0.25, 0.3) is 0 Å². The van der Waals surface area contributed by atoms with Crippen LogP contribution in [0.3, 0.4) is 0 Å². The first-order chi connectivity index (χ1) is 7.55. The van der Waals surface area contributed by atoms with Gasteiger partial charge < -0.3 is 5.32 Å². The van der Waals surface area contributed by atoms with E-state index in [0.717, 1.165) is 18.8 Å². The van der Waals surface area contributed by atoms with Crippen molar-refractivity contribution in [2.75, 3.05) is 11.5 Å². The van der Waals surface area contributed by atoms with E-state index in [1.807, 2.05) is 0 Å². The molecule has 0 bridgehead atoms. The second-order valence-corrected chi connectivity index (χ2v) is 7.85. The Morgan fingerprint density at radius 1 is 0.875 bits per heavy atom. The van der Waals surface area contributed by atoms with Crippen LogP contribution in [0.5, 0.6) is 0 Å². The first-order valence-electron chi connectivity index (χ1n) is 6.51. The third-order valence-electron chi connectivity index (χ3n) is 4.04. The highest BCUT2D eigenvalue weighted by Gasteiger charge is 2.26. The van der Waals surface area contributed by atoms with Crippen LogP contribution >= 0.6 is 0 Å². The SMILES string of the molecule is CC1CCC(NC2CCS(=O)(=O)CC2)CC1. The van der Waals surface area contributed by atoms with E-state index in [-0.39, 0.29) is 0 Å². The fourth-order valence-corrected chi connectivity index (χ4v) is 4.31. The summed E-state index contributed by atoms with van der Waals surface area (Å²) in [6.45, 7) is 2.32. The summed E-state index contributed by atoms with van der Waals surface area (Å²) >= 11 is 0. The van der Waals surface area contributed by atoms with Crippen molar-refractivity contribution in [1.82, 2.24) is 5.32 Å². The highest BCUT2D eigenvalue weighted by Crippen LogP contribution is 2.24. The molecule has 0 aromatic carbocycles. The molecule has 1 saturated carbocycles. The lowest BCUT2D eigenvalue weighted by atomic mass is 9.87. The molecule has 0 aromatic rings. The van der Waals surface area contributed by atoms with E-state index < -0.39 is 9.84 Å². The Kier molecular flexibility index (Phi) is 3.90. The van der Waals surface area contributed by atoms with E-state index >= 15 is 0 Å². The van der Waals surface area contributed by atoms with E-state index in [1.54, 1.807) is 0 Å². The summed E-state index contributed by atoms with van der Waals surface area (Å²) in [5, 5.41) is 3.65. The lowest BCUT2D eigenvalue weighted by molar-refractivity contribution is 0.279. The van der Waals surface area contributed by atoms with Crippen molar-refractivity contribution in [3.63, 3.8) is 0 Å². The molecule has 0 radical (unpaired) electrons. The van der Waals surface area contributed by atoms with Crippen LogP contribution in [0.2, 0.25) is 0 Å². The van der Waals surface area contributed by atoms with Crippen molar-refractivity contribution < 1.29 is 8.42 Å². The molecule has 0 unspecified atom stereocenters. The maximum Gasteiger partial charge on any atom is 0.150 e. The molecule has 2 fully saturated rings. The minimum absolute atomic E-state index is 0.383. The zero-order chi connectivity index (χ0) is 11.6. The van der Waals surface area contributed by atoms with Gasteiger partial charge in [0.15, 0.2) is 0 Å². The van der Waals surface area contributed by atoms with Crippen LogP contribution in [-0.4, -0.2) is 32.0 Å². The summed E-state index contributed by atoms with van der Waals surface area (Å²) in [6, 6.07) is 1.09. The van der Waals surface area contributed by atoms with Gasteiger partial charge in [-0.3, -0.25) is 0 Å². The van der Waals surface area contributed by atoms with Crippen LogP contribution in [0.4, 0.5) is 0 Å². The molecule has 1 aliphatic heterocycles. The summed E-state index contributed by atoms with van der Waals surface area (Å²) in [4.78, 5) is 0. The summed E-state index contributed by atoms with van der Waals surface area (Å²) < 4.78 is 22.6. The number of hydrogen-bond acceptors (Lipinski definition) is 3. The average molecular weight is 245 g/mol. The van der Waals surface area contributed by atoms with Crippen molar-refractivity contribution in [1.29, 1.82) is 0 Å². The van der Waals surface area contributed by atoms with Gasteiger partial charge in [0.2, 0.25) is 0 Å². The topological polar surface area (TPSA) is 46.2 Å². The number of hydrogen-bond donors (Lipinski definition) is 1. The van der Waals surface area contributed by atoms with Gasteiger partial charge in [-0.15, -0.1) is 0 Å². The Morgan fingerprint density at radius 2 is 1.38 bits per heavy atom. The Hall–Kier alpha value is -0.0900. The molecule has 1 heterocycles. The predicted molar refractivity (Wildman–Crippen MR) is 66.2 cm³/mol. The molecule has 0 amide bonds. The zero-order valence-corrected chi connectivity index (χ0v) is 10.9. The van der Waals surface area contributed by atoms with Gasteiger partial charge in [0.05, 0.1) is 11.5 Å². The van der Waals surface area contributed by atoms with Crippen LogP contribution in [0, 0.1) is 5.92 Å². The normalized spacial score (nSPS) is 36.1. The number of rotatable bonds is 2. The Morgan fingerprint density at radius 3 is 1.94 bits per heavy atom. The smallest absolute Gasteiger partial charge is 0.150 e. The van der Waals surface area contributed by atoms with Crippen molar-refractivity contribution in [2.24, 2.45) is 5.92 Å². The molecule has 0 aromatic heterocycles. The lowest BCUT2D eigenvalue weighted by Crippen LogP contribution is -2.44. The molecule has 4 heteroatoms. The van der Waals surface area contributed by atoms with Crippen LogP contribution in [0.1, 0.15) is 45.4 Å². The van der Waals surface area contributed by atoms with Gasteiger partial charge in [0, 0.05) is 12.1 Å². The van der Waals surface area contributed by atoms with Crippen molar-refractivity contribution in [2.45, 2.75) is 57.5 Å². The molecule has 94 valence electrons. The lowest BCUT2D eigenvalue weighted by Gasteiger charge is -2.32. The minimum atomic E-state index is -2.71. The van der Waals surface area contributed by atoms with E-state index in [4.69, 9.17) is 0 Å². The van der Waals surface area contributed by atoms with E-state index in [9.17, 15) is 8.42 Å². The Labute approximate surface area is 98.9 Å². The molecule has 16 heavy (non-hydrogen) atoms. The minimum Gasteiger partial charge on any atom is -0.311 e. The fourth-order valence-electron chi connectivity index (χ4n) is 2.82. The largest absolute Gasteiger partial charge is 0.311 e. The van der Waals surface area contributed by atoms with E-state index in [1.165, 1.54) is 25.7 Å². The first kappa shape index (κ1) is 12.4. The molecular weight excluding hydrogens is 222 g/mol. The third kappa shape index (κ3) is 3.45. The highest BCUT2D eigenvalue weighted by molar-refractivity contribution is 7.91. The quantitative estimate of drug-likeness (QED) is 0.806. The zero-order valence-electron chi connectivity index (χ0n) is 10.1. The standard InChI is InChI=1S/C12H23NO2S/c1-10-2-4-11(5-3-10)13-12-6-8-16(14,15)9-7-12/h10-13H,2-9H2,1H3. The van der Waals surface area contributed by atoms with Crippen molar-refractivity contribution in [3.05, 3.63) is 0 Å². The maximum absolute atomic E-state index is 11.3. The van der Waals surface area contributed by atoms with Crippen molar-refractivity contribution in [3.8, 4) is 0 Å². The van der Waals surface area contributed by atoms with Crippen LogP contribution in [-0.2, 0) is 9.84 Å². The summed E-state index contributed by atoms with van der Waals surface area (Å²) in [5.41, 5.74) is 0.